The minimum atomic E-state index is -0.824. The predicted molar refractivity (Wildman–Crippen MR) is 128 cm³/mol. The molecular weight excluding hydrogens is 426 g/mol. The second-order valence-electron chi connectivity index (χ2n) is 9.12. The summed E-state index contributed by atoms with van der Waals surface area (Å²) in [7, 11) is 0. The average Bonchev–Trinajstić information content (AvgIpc) is 3.31. The Morgan fingerprint density at radius 3 is 2.76 bits per heavy atom. The average molecular weight is 450 g/mol. The zero-order valence-corrected chi connectivity index (χ0v) is 18.8. The van der Waals surface area contributed by atoms with Crippen molar-refractivity contribution in [3.8, 4) is 28.7 Å². The van der Waals surface area contributed by atoms with Crippen LogP contribution < -0.4 is 0 Å². The number of carbonyl (C=O) groups is 1. The second-order valence-corrected chi connectivity index (χ2v) is 9.12. The van der Waals surface area contributed by atoms with Gasteiger partial charge in [0.2, 0.25) is 5.89 Å². The van der Waals surface area contributed by atoms with Gasteiger partial charge in [-0.15, -0.1) is 0 Å². The zero-order chi connectivity index (χ0) is 23.4. The van der Waals surface area contributed by atoms with Gasteiger partial charge >= 0.3 is 5.97 Å². The van der Waals surface area contributed by atoms with Gasteiger partial charge in [0.25, 0.3) is 0 Å². The number of aryl methyl sites for hydroxylation is 1. The van der Waals surface area contributed by atoms with Crippen molar-refractivity contribution in [2.24, 2.45) is 0 Å². The summed E-state index contributed by atoms with van der Waals surface area (Å²) in [5, 5.41) is 20.3. The second kappa shape index (κ2) is 7.82. The molecule has 6 nitrogen and oxygen atoms in total. The molecule has 1 unspecified atom stereocenters. The maximum absolute atomic E-state index is 12.3. The van der Waals surface area contributed by atoms with Crippen molar-refractivity contribution >= 4 is 17.1 Å². The van der Waals surface area contributed by atoms with Crippen molar-refractivity contribution in [3.05, 3.63) is 76.9 Å². The Hall–Kier alpha value is -3.95. The Morgan fingerprint density at radius 2 is 2.00 bits per heavy atom. The number of carboxylic acids is 1. The molecule has 34 heavy (non-hydrogen) atoms. The van der Waals surface area contributed by atoms with E-state index in [1.54, 1.807) is 0 Å². The van der Waals surface area contributed by atoms with Crippen molar-refractivity contribution < 1.29 is 14.3 Å². The molecule has 2 aliphatic rings. The number of fused-ring (bicyclic) bond motifs is 4. The third kappa shape index (κ3) is 3.05. The maximum Gasteiger partial charge on any atom is 0.320 e. The number of carboxylic acid groups (broad SMARTS) is 1. The lowest BCUT2D eigenvalue weighted by atomic mass is 9.83. The van der Waals surface area contributed by atoms with Crippen molar-refractivity contribution in [1.82, 2.24) is 9.88 Å². The van der Waals surface area contributed by atoms with Crippen molar-refractivity contribution in [3.63, 3.8) is 0 Å². The predicted octanol–water partition coefficient (Wildman–Crippen LogP) is 5.68. The lowest BCUT2D eigenvalue weighted by Crippen LogP contribution is -2.47. The van der Waals surface area contributed by atoms with Gasteiger partial charge in [0.1, 0.15) is 11.6 Å². The normalized spacial score (nSPS) is 19.5. The molecule has 3 heterocycles. The number of nitrogens with zero attached hydrogens (tertiary/aromatic N) is 3. The van der Waals surface area contributed by atoms with Crippen LogP contribution in [-0.4, -0.2) is 33.5 Å². The number of benzene rings is 3. The van der Waals surface area contributed by atoms with Gasteiger partial charge in [-0.3, -0.25) is 9.69 Å². The lowest BCUT2D eigenvalue weighted by Gasteiger charge is -2.40. The molecule has 3 bridgehead atoms. The van der Waals surface area contributed by atoms with E-state index in [9.17, 15) is 15.2 Å². The van der Waals surface area contributed by atoms with E-state index in [1.807, 2.05) is 55.5 Å². The van der Waals surface area contributed by atoms with E-state index in [2.05, 4.69) is 17.0 Å². The highest BCUT2D eigenvalue weighted by Gasteiger charge is 2.40. The summed E-state index contributed by atoms with van der Waals surface area (Å²) in [5.41, 5.74) is 7.34. The Balaban J connectivity index is 1.73. The molecule has 2 atom stereocenters. The number of piperidine rings is 1. The first-order valence-electron chi connectivity index (χ1n) is 11.6. The molecule has 4 aromatic rings. The van der Waals surface area contributed by atoms with Gasteiger partial charge in [-0.1, -0.05) is 48.9 Å². The topological polar surface area (TPSA) is 90.4 Å². The number of hydrogen-bond acceptors (Lipinski definition) is 5. The summed E-state index contributed by atoms with van der Waals surface area (Å²) in [6.07, 6.45) is 2.38. The third-order valence-electron chi connectivity index (χ3n) is 7.11. The monoisotopic (exact) mass is 449 g/mol. The van der Waals surface area contributed by atoms with Crippen LogP contribution in [-0.2, 0) is 4.79 Å². The first kappa shape index (κ1) is 20.6. The molecule has 2 aliphatic heterocycles. The summed E-state index contributed by atoms with van der Waals surface area (Å²) < 4.78 is 6.32. The van der Waals surface area contributed by atoms with Gasteiger partial charge in [0, 0.05) is 5.56 Å². The van der Waals surface area contributed by atoms with Gasteiger partial charge in [-0.05, 0) is 60.7 Å². The Kier molecular flexibility index (Phi) is 4.75. The maximum atomic E-state index is 12.3. The molecule has 0 amide bonds. The fourth-order valence-corrected chi connectivity index (χ4v) is 5.63. The van der Waals surface area contributed by atoms with E-state index in [-0.39, 0.29) is 0 Å². The fraction of sp³-hybridized carbons (Fsp3) is 0.250. The minimum Gasteiger partial charge on any atom is -0.480 e. The molecule has 6 heteroatoms. The van der Waals surface area contributed by atoms with Crippen LogP contribution in [0.2, 0.25) is 0 Å². The Bertz CT molecular complexity index is 1480. The molecule has 3 aromatic carbocycles. The van der Waals surface area contributed by atoms with Crippen LogP contribution in [0.25, 0.3) is 33.7 Å². The van der Waals surface area contributed by atoms with E-state index < -0.39 is 18.1 Å². The Morgan fingerprint density at radius 1 is 1.18 bits per heavy atom. The van der Waals surface area contributed by atoms with Crippen LogP contribution in [0.4, 0.5) is 0 Å². The summed E-state index contributed by atoms with van der Waals surface area (Å²) in [5.74, 6) is -0.357. The lowest BCUT2D eigenvalue weighted by molar-refractivity contribution is -0.145. The summed E-state index contributed by atoms with van der Waals surface area (Å²) in [6.45, 7) is 2.63. The highest BCUT2D eigenvalue weighted by Crippen LogP contribution is 2.47. The van der Waals surface area contributed by atoms with Crippen molar-refractivity contribution in [1.29, 1.82) is 5.26 Å². The zero-order valence-electron chi connectivity index (χ0n) is 18.8. The number of hydrogen-bond donors (Lipinski definition) is 1. The molecule has 1 saturated heterocycles. The Labute approximate surface area is 197 Å². The highest BCUT2D eigenvalue weighted by molar-refractivity contribution is 5.90. The van der Waals surface area contributed by atoms with E-state index in [4.69, 9.17) is 9.40 Å². The van der Waals surface area contributed by atoms with Gasteiger partial charge in [-0.25, -0.2) is 4.98 Å². The summed E-state index contributed by atoms with van der Waals surface area (Å²) in [6, 6.07) is 19.2. The van der Waals surface area contributed by atoms with Crippen LogP contribution in [0.1, 0.15) is 47.6 Å². The molecule has 1 N–H and O–H groups in total. The number of aromatic nitrogens is 1. The van der Waals surface area contributed by atoms with Gasteiger partial charge in [-0.2, -0.15) is 5.26 Å². The fourth-order valence-electron chi connectivity index (χ4n) is 5.63. The smallest absolute Gasteiger partial charge is 0.320 e. The van der Waals surface area contributed by atoms with Crippen molar-refractivity contribution in [2.45, 2.75) is 38.3 Å². The molecule has 6 rings (SSSR count). The molecular formula is C28H23N3O3. The molecule has 168 valence electrons. The van der Waals surface area contributed by atoms with Crippen LogP contribution in [0.15, 0.2) is 59.0 Å². The first-order chi connectivity index (χ1) is 16.6. The SMILES string of the molecule is Cc1cc2cc3nc(oc13)-c1c(-c3ccccc3)ccc(C#N)c1[C@H]2N1CCCCC1C(=O)O. The minimum absolute atomic E-state index is 0.395. The first-order valence-corrected chi connectivity index (χ1v) is 11.6. The van der Waals surface area contributed by atoms with Crippen LogP contribution in [0, 0.1) is 18.3 Å². The van der Waals surface area contributed by atoms with Crippen LogP contribution >= 0.6 is 0 Å². The largest absolute Gasteiger partial charge is 0.480 e. The van der Waals surface area contributed by atoms with E-state index in [1.165, 1.54) is 0 Å². The number of nitriles is 1. The van der Waals surface area contributed by atoms with Gasteiger partial charge in [0.15, 0.2) is 5.58 Å². The van der Waals surface area contributed by atoms with Gasteiger partial charge in [0.05, 0.1) is 23.2 Å². The highest BCUT2D eigenvalue weighted by atomic mass is 16.4. The number of likely N-dealkylation sites (tertiary alicyclic amines) is 1. The molecule has 0 spiro atoms. The van der Waals surface area contributed by atoms with Crippen molar-refractivity contribution in [2.75, 3.05) is 6.54 Å². The standard InChI is InChI=1S/C28H23N3O3/c1-16-13-19-14-21-26(16)34-27(30-21)24-20(17-7-3-2-4-8-17)11-10-18(15-29)23(24)25(19)31-12-6-5-9-22(31)28(32)33/h2-4,7-8,10-11,13-14,22,25H,5-6,9,12H2,1H3,(H,32,33)/t22?,25-/m0/s1. The quantitative estimate of drug-likeness (QED) is 0.432. The van der Waals surface area contributed by atoms with E-state index in [0.717, 1.165) is 57.3 Å². The molecule has 0 radical (unpaired) electrons. The third-order valence-corrected chi connectivity index (χ3v) is 7.11. The van der Waals surface area contributed by atoms with E-state index in [0.29, 0.717) is 24.4 Å². The van der Waals surface area contributed by atoms with Crippen LogP contribution in [0.5, 0.6) is 0 Å². The number of oxazole rings is 1. The van der Waals surface area contributed by atoms with Crippen LogP contribution in [0.3, 0.4) is 0 Å². The molecule has 1 fully saturated rings. The van der Waals surface area contributed by atoms with E-state index >= 15 is 0 Å². The summed E-state index contributed by atoms with van der Waals surface area (Å²) >= 11 is 0. The van der Waals surface area contributed by atoms with Gasteiger partial charge < -0.3 is 9.52 Å². The summed E-state index contributed by atoms with van der Waals surface area (Å²) in [4.78, 5) is 19.2. The number of rotatable bonds is 3. The molecule has 1 aromatic heterocycles. The molecule has 0 saturated carbocycles. The number of aliphatic carboxylic acids is 1. The molecule has 0 aliphatic carbocycles.